The van der Waals surface area contributed by atoms with E-state index in [-0.39, 0.29) is 17.7 Å². The number of pyridine rings is 1. The first-order chi connectivity index (χ1) is 14.7. The fraction of sp³-hybridized carbons (Fsp3) is 0.458. The molecule has 2 saturated heterocycles. The third-order valence-corrected chi connectivity index (χ3v) is 6.08. The van der Waals surface area contributed by atoms with Gasteiger partial charge < -0.3 is 15.1 Å². The number of rotatable bonds is 7. The molecule has 2 aliphatic rings. The number of aromatic nitrogens is 1. The molecule has 1 N–H and O–H groups in total. The van der Waals surface area contributed by atoms with Crippen LogP contribution < -0.4 is 10.2 Å². The van der Waals surface area contributed by atoms with E-state index in [4.69, 9.17) is 0 Å². The van der Waals surface area contributed by atoms with Crippen LogP contribution >= 0.6 is 0 Å². The Morgan fingerprint density at radius 2 is 2.00 bits per heavy atom. The molecule has 6 heteroatoms. The first kappa shape index (κ1) is 20.4. The predicted octanol–water partition coefficient (Wildman–Crippen LogP) is 2.78. The van der Waals surface area contributed by atoms with Gasteiger partial charge in [0, 0.05) is 63.1 Å². The molecule has 0 saturated carbocycles. The van der Waals surface area contributed by atoms with E-state index in [0.717, 1.165) is 24.3 Å². The van der Waals surface area contributed by atoms with Crippen molar-refractivity contribution < 1.29 is 9.59 Å². The molecule has 1 aromatic carbocycles. The Morgan fingerprint density at radius 1 is 1.13 bits per heavy atom. The van der Waals surface area contributed by atoms with Gasteiger partial charge in [0.05, 0.1) is 5.92 Å². The van der Waals surface area contributed by atoms with E-state index >= 15 is 0 Å². The lowest BCUT2D eigenvalue weighted by Crippen LogP contribution is -2.46. The highest BCUT2D eigenvalue weighted by Crippen LogP contribution is 2.22. The van der Waals surface area contributed by atoms with Gasteiger partial charge in [-0.3, -0.25) is 14.6 Å². The van der Waals surface area contributed by atoms with E-state index in [9.17, 15) is 9.59 Å². The maximum Gasteiger partial charge on any atom is 0.225 e. The largest absolute Gasteiger partial charge is 0.372 e. The number of likely N-dealkylation sites (tertiary alicyclic amines) is 1. The van der Waals surface area contributed by atoms with Crippen molar-refractivity contribution in [2.45, 2.75) is 38.6 Å². The summed E-state index contributed by atoms with van der Waals surface area (Å²) in [4.78, 5) is 33.6. The highest BCUT2D eigenvalue weighted by atomic mass is 16.2. The molecule has 6 nitrogen and oxygen atoms in total. The minimum absolute atomic E-state index is 0.0388. The number of carbonyl (C=O) groups excluding carboxylic acids is 2. The summed E-state index contributed by atoms with van der Waals surface area (Å²) in [5.74, 6) is 0.0263. The van der Waals surface area contributed by atoms with Gasteiger partial charge in [-0.25, -0.2) is 0 Å². The van der Waals surface area contributed by atoms with E-state index in [2.05, 4.69) is 39.5 Å². The molecule has 1 unspecified atom stereocenters. The van der Waals surface area contributed by atoms with Crippen LogP contribution in [0.3, 0.4) is 0 Å². The van der Waals surface area contributed by atoms with Gasteiger partial charge in [-0.05, 0) is 49.1 Å². The van der Waals surface area contributed by atoms with Gasteiger partial charge in [0.25, 0.3) is 0 Å². The van der Waals surface area contributed by atoms with Gasteiger partial charge >= 0.3 is 0 Å². The molecular weight excluding hydrogens is 376 g/mol. The van der Waals surface area contributed by atoms with Crippen molar-refractivity contribution in [1.82, 2.24) is 15.2 Å². The summed E-state index contributed by atoms with van der Waals surface area (Å²) >= 11 is 0. The van der Waals surface area contributed by atoms with Crippen molar-refractivity contribution in [2.75, 3.05) is 31.1 Å². The highest BCUT2D eigenvalue weighted by Gasteiger charge is 2.29. The average Bonchev–Trinajstić information content (AvgIpc) is 3.33. The molecule has 1 aromatic heterocycles. The quantitative estimate of drug-likeness (QED) is 0.768. The summed E-state index contributed by atoms with van der Waals surface area (Å²) in [5.41, 5.74) is 3.32. The number of nitrogens with one attached hydrogen (secondary N) is 1. The first-order valence-corrected chi connectivity index (χ1v) is 11.0. The standard InChI is InChI=1S/C24H30N4O2/c29-23-10-9-20(18-28(23)15-11-21-7-1-2-12-25-21)24(30)26-17-19-6-5-8-22(16-19)27-13-3-4-14-27/h1-2,5-8,12,16,20H,3-4,9-11,13-15,17-18H2,(H,26,30). The number of amides is 2. The van der Waals surface area contributed by atoms with Crippen LogP contribution in [0.4, 0.5) is 5.69 Å². The Morgan fingerprint density at radius 3 is 2.80 bits per heavy atom. The second-order valence-electron chi connectivity index (χ2n) is 8.23. The zero-order valence-electron chi connectivity index (χ0n) is 17.4. The minimum atomic E-state index is -0.145. The predicted molar refractivity (Wildman–Crippen MR) is 117 cm³/mol. The molecule has 3 heterocycles. The Labute approximate surface area is 178 Å². The average molecular weight is 407 g/mol. The van der Waals surface area contributed by atoms with Crippen LogP contribution in [-0.4, -0.2) is 47.9 Å². The summed E-state index contributed by atoms with van der Waals surface area (Å²) < 4.78 is 0. The topological polar surface area (TPSA) is 65.5 Å². The number of anilines is 1. The third-order valence-electron chi connectivity index (χ3n) is 6.08. The molecule has 2 amide bonds. The van der Waals surface area contributed by atoms with Crippen LogP contribution in [0.5, 0.6) is 0 Å². The van der Waals surface area contributed by atoms with Crippen LogP contribution in [0.2, 0.25) is 0 Å². The van der Waals surface area contributed by atoms with Gasteiger partial charge in [-0.1, -0.05) is 18.2 Å². The molecule has 2 aliphatic heterocycles. The maximum absolute atomic E-state index is 12.8. The van der Waals surface area contributed by atoms with E-state index < -0.39 is 0 Å². The van der Waals surface area contributed by atoms with E-state index in [1.165, 1.54) is 18.5 Å². The van der Waals surface area contributed by atoms with Crippen LogP contribution in [0.15, 0.2) is 48.7 Å². The van der Waals surface area contributed by atoms with Gasteiger partial charge in [-0.2, -0.15) is 0 Å². The summed E-state index contributed by atoms with van der Waals surface area (Å²) in [6, 6.07) is 14.2. The smallest absolute Gasteiger partial charge is 0.225 e. The molecule has 0 bridgehead atoms. The zero-order valence-corrected chi connectivity index (χ0v) is 17.4. The summed E-state index contributed by atoms with van der Waals surface area (Å²) in [6.45, 7) is 3.85. The van der Waals surface area contributed by atoms with Crippen molar-refractivity contribution in [3.05, 3.63) is 59.9 Å². The summed E-state index contributed by atoms with van der Waals surface area (Å²) in [5, 5.41) is 3.09. The van der Waals surface area contributed by atoms with Crippen LogP contribution in [0, 0.1) is 5.92 Å². The van der Waals surface area contributed by atoms with E-state index in [1.807, 2.05) is 23.1 Å². The molecule has 158 valence electrons. The molecule has 0 radical (unpaired) electrons. The second-order valence-corrected chi connectivity index (χ2v) is 8.23. The maximum atomic E-state index is 12.8. The Hall–Kier alpha value is -2.89. The van der Waals surface area contributed by atoms with Crippen molar-refractivity contribution >= 4 is 17.5 Å². The van der Waals surface area contributed by atoms with Crippen molar-refractivity contribution in [2.24, 2.45) is 5.92 Å². The van der Waals surface area contributed by atoms with Gasteiger partial charge in [-0.15, -0.1) is 0 Å². The fourth-order valence-electron chi connectivity index (χ4n) is 4.31. The number of hydrogen-bond acceptors (Lipinski definition) is 4. The molecule has 4 rings (SSSR count). The number of piperidine rings is 1. The molecule has 1 atom stereocenters. The molecule has 0 aliphatic carbocycles. The first-order valence-electron chi connectivity index (χ1n) is 11.0. The summed E-state index contributed by atoms with van der Waals surface area (Å²) in [6.07, 6.45) is 6.03. The second kappa shape index (κ2) is 9.74. The number of carbonyl (C=O) groups is 2. The van der Waals surface area contributed by atoms with Crippen LogP contribution in [-0.2, 0) is 22.6 Å². The van der Waals surface area contributed by atoms with E-state index in [1.54, 1.807) is 6.20 Å². The normalized spacial score (nSPS) is 19.2. The molecule has 30 heavy (non-hydrogen) atoms. The molecular formula is C24H30N4O2. The SMILES string of the molecule is O=C(NCc1cccc(N2CCCC2)c1)C1CCC(=O)N(CCc2ccccn2)C1. The van der Waals surface area contributed by atoms with Crippen molar-refractivity contribution in [3.8, 4) is 0 Å². The summed E-state index contributed by atoms with van der Waals surface area (Å²) in [7, 11) is 0. The molecule has 2 aromatic rings. The Balaban J connectivity index is 1.29. The lowest BCUT2D eigenvalue weighted by molar-refractivity contribution is -0.138. The number of nitrogens with zero attached hydrogens (tertiary/aromatic N) is 3. The minimum Gasteiger partial charge on any atom is -0.372 e. The van der Waals surface area contributed by atoms with Crippen LogP contribution in [0.1, 0.15) is 36.9 Å². The number of benzene rings is 1. The molecule has 2 fully saturated rings. The fourth-order valence-corrected chi connectivity index (χ4v) is 4.31. The van der Waals surface area contributed by atoms with E-state index in [0.29, 0.717) is 38.9 Å². The monoisotopic (exact) mass is 406 g/mol. The third kappa shape index (κ3) is 5.17. The van der Waals surface area contributed by atoms with Crippen LogP contribution in [0.25, 0.3) is 0 Å². The van der Waals surface area contributed by atoms with Gasteiger partial charge in [0.1, 0.15) is 0 Å². The van der Waals surface area contributed by atoms with Crippen molar-refractivity contribution in [3.63, 3.8) is 0 Å². The Bertz CT molecular complexity index is 865. The highest BCUT2D eigenvalue weighted by molar-refractivity contribution is 5.83. The zero-order chi connectivity index (χ0) is 20.8. The molecule has 0 spiro atoms. The Kier molecular flexibility index (Phi) is 6.62. The number of hydrogen-bond donors (Lipinski definition) is 1. The van der Waals surface area contributed by atoms with Crippen molar-refractivity contribution in [1.29, 1.82) is 0 Å². The lowest BCUT2D eigenvalue weighted by Gasteiger charge is -2.32. The van der Waals surface area contributed by atoms with Gasteiger partial charge in [0.2, 0.25) is 11.8 Å². The van der Waals surface area contributed by atoms with Gasteiger partial charge in [0.15, 0.2) is 0 Å². The lowest BCUT2D eigenvalue weighted by atomic mass is 9.96.